The molecule has 0 heterocycles. The fourth-order valence-electron chi connectivity index (χ4n) is 2.08. The monoisotopic (exact) mass is 307 g/mol. The summed E-state index contributed by atoms with van der Waals surface area (Å²) in [6.45, 7) is 2.36. The first-order valence-corrected chi connectivity index (χ1v) is 7.19. The van der Waals surface area contributed by atoms with Gasteiger partial charge in [-0.15, -0.1) is 0 Å². The zero-order valence-electron chi connectivity index (χ0n) is 12.8. The second kappa shape index (κ2) is 7.76. The number of rotatable bonds is 5. The Kier molecular flexibility index (Phi) is 5.48. The van der Waals surface area contributed by atoms with E-state index in [-0.39, 0.29) is 12.3 Å². The van der Waals surface area contributed by atoms with Crippen molar-refractivity contribution in [3.8, 4) is 6.07 Å². The Balaban J connectivity index is 1.84. The summed E-state index contributed by atoms with van der Waals surface area (Å²) in [5.41, 5.74) is 3.06. The maximum atomic E-state index is 11.8. The van der Waals surface area contributed by atoms with Crippen LogP contribution in [0.25, 0.3) is 0 Å². The lowest BCUT2D eigenvalue weighted by atomic mass is 10.1. The van der Waals surface area contributed by atoms with Gasteiger partial charge in [0.2, 0.25) is 11.8 Å². The number of benzene rings is 2. The molecule has 0 saturated heterocycles. The summed E-state index contributed by atoms with van der Waals surface area (Å²) in [4.78, 5) is 23.7. The van der Waals surface area contributed by atoms with E-state index >= 15 is 0 Å². The van der Waals surface area contributed by atoms with E-state index in [0.717, 1.165) is 11.1 Å². The second-order valence-corrected chi connectivity index (χ2v) is 5.12. The van der Waals surface area contributed by atoms with Gasteiger partial charge in [0.05, 0.1) is 11.6 Å². The molecule has 0 fully saturated rings. The molecule has 0 aromatic heterocycles. The minimum absolute atomic E-state index is 0.261. The SMILES string of the molecule is Cc1ccccc1CNC(=O)CC(=O)Nc1cccc(C#N)c1. The third-order valence-electron chi connectivity index (χ3n) is 3.33. The molecule has 116 valence electrons. The van der Waals surface area contributed by atoms with Crippen LogP contribution in [0, 0.1) is 18.3 Å². The highest BCUT2D eigenvalue weighted by Gasteiger charge is 2.10. The van der Waals surface area contributed by atoms with Gasteiger partial charge in [0.15, 0.2) is 0 Å². The van der Waals surface area contributed by atoms with E-state index in [1.165, 1.54) is 0 Å². The lowest BCUT2D eigenvalue weighted by Gasteiger charge is -2.08. The fourth-order valence-corrected chi connectivity index (χ4v) is 2.08. The van der Waals surface area contributed by atoms with E-state index in [4.69, 9.17) is 5.26 Å². The molecule has 0 radical (unpaired) electrons. The highest BCUT2D eigenvalue weighted by Crippen LogP contribution is 2.10. The van der Waals surface area contributed by atoms with Crippen molar-refractivity contribution >= 4 is 17.5 Å². The predicted octanol–water partition coefficient (Wildman–Crippen LogP) is 2.51. The van der Waals surface area contributed by atoms with Crippen molar-refractivity contribution in [2.45, 2.75) is 19.9 Å². The van der Waals surface area contributed by atoms with E-state index in [2.05, 4.69) is 10.6 Å². The van der Waals surface area contributed by atoms with Gasteiger partial charge in [-0.3, -0.25) is 9.59 Å². The van der Waals surface area contributed by atoms with Crippen molar-refractivity contribution in [1.82, 2.24) is 5.32 Å². The average molecular weight is 307 g/mol. The minimum Gasteiger partial charge on any atom is -0.352 e. The third-order valence-corrected chi connectivity index (χ3v) is 3.33. The molecule has 0 atom stereocenters. The number of hydrogen-bond acceptors (Lipinski definition) is 3. The number of amides is 2. The zero-order chi connectivity index (χ0) is 16.7. The molecule has 0 bridgehead atoms. The second-order valence-electron chi connectivity index (χ2n) is 5.12. The molecule has 0 saturated carbocycles. The summed E-state index contributed by atoms with van der Waals surface area (Å²) < 4.78 is 0. The van der Waals surface area contributed by atoms with E-state index in [1.807, 2.05) is 37.3 Å². The molecule has 0 aliphatic carbocycles. The highest BCUT2D eigenvalue weighted by atomic mass is 16.2. The van der Waals surface area contributed by atoms with Gasteiger partial charge in [-0.1, -0.05) is 30.3 Å². The summed E-state index contributed by atoms with van der Waals surface area (Å²) in [6, 6.07) is 16.3. The standard InChI is InChI=1S/C18H17N3O2/c1-13-5-2-3-7-15(13)12-20-17(22)10-18(23)21-16-8-4-6-14(9-16)11-19/h2-9H,10,12H2,1H3,(H,20,22)(H,21,23). The Labute approximate surface area is 134 Å². The molecule has 0 spiro atoms. The van der Waals surface area contributed by atoms with Crippen LogP contribution in [0.3, 0.4) is 0 Å². The highest BCUT2D eigenvalue weighted by molar-refractivity contribution is 6.03. The number of nitrogens with zero attached hydrogens (tertiary/aromatic N) is 1. The normalized spacial score (nSPS) is 9.74. The molecule has 0 unspecified atom stereocenters. The van der Waals surface area contributed by atoms with Crippen molar-refractivity contribution in [2.24, 2.45) is 0 Å². The molecule has 2 rings (SSSR count). The molecule has 2 aromatic rings. The smallest absolute Gasteiger partial charge is 0.233 e. The molecule has 5 nitrogen and oxygen atoms in total. The quantitative estimate of drug-likeness (QED) is 0.833. The Morgan fingerprint density at radius 1 is 1.09 bits per heavy atom. The largest absolute Gasteiger partial charge is 0.352 e. The molecule has 5 heteroatoms. The Hall–Kier alpha value is -3.13. The molecule has 0 aliphatic rings. The molecule has 23 heavy (non-hydrogen) atoms. The number of nitrogens with one attached hydrogen (secondary N) is 2. The van der Waals surface area contributed by atoms with Crippen molar-refractivity contribution < 1.29 is 9.59 Å². The third kappa shape index (κ3) is 4.97. The lowest BCUT2D eigenvalue weighted by Crippen LogP contribution is -2.28. The van der Waals surface area contributed by atoms with Crippen molar-refractivity contribution in [1.29, 1.82) is 5.26 Å². The van der Waals surface area contributed by atoms with E-state index in [0.29, 0.717) is 17.8 Å². The zero-order valence-corrected chi connectivity index (χ0v) is 12.8. The summed E-state index contributed by atoms with van der Waals surface area (Å²) in [5, 5.41) is 14.1. The van der Waals surface area contributed by atoms with Crippen LogP contribution >= 0.6 is 0 Å². The van der Waals surface area contributed by atoms with Crippen molar-refractivity contribution in [3.63, 3.8) is 0 Å². The molecule has 0 aliphatic heterocycles. The first-order chi connectivity index (χ1) is 11.1. The van der Waals surface area contributed by atoms with Gasteiger partial charge in [-0.05, 0) is 36.2 Å². The Morgan fingerprint density at radius 2 is 1.87 bits per heavy atom. The van der Waals surface area contributed by atoms with Crippen LogP contribution in [0.4, 0.5) is 5.69 Å². The van der Waals surface area contributed by atoms with Crippen LogP contribution in [-0.2, 0) is 16.1 Å². The van der Waals surface area contributed by atoms with Gasteiger partial charge in [-0.25, -0.2) is 0 Å². The van der Waals surface area contributed by atoms with E-state index in [1.54, 1.807) is 24.3 Å². The summed E-state index contributed by atoms with van der Waals surface area (Å²) in [5.74, 6) is -0.760. The number of nitriles is 1. The average Bonchev–Trinajstić information content (AvgIpc) is 2.54. The van der Waals surface area contributed by atoms with Gasteiger partial charge in [0.25, 0.3) is 0 Å². The first kappa shape index (κ1) is 16.2. The van der Waals surface area contributed by atoms with Crippen molar-refractivity contribution in [3.05, 3.63) is 65.2 Å². The number of hydrogen-bond donors (Lipinski definition) is 2. The number of carbonyl (C=O) groups excluding carboxylic acids is 2. The molecule has 2 amide bonds. The molecular formula is C18H17N3O2. The van der Waals surface area contributed by atoms with Crippen LogP contribution in [0.15, 0.2) is 48.5 Å². The van der Waals surface area contributed by atoms with Crippen LogP contribution in [0.2, 0.25) is 0 Å². The fraction of sp³-hybridized carbons (Fsp3) is 0.167. The van der Waals surface area contributed by atoms with Gasteiger partial charge >= 0.3 is 0 Å². The maximum absolute atomic E-state index is 11.8. The number of anilines is 1. The maximum Gasteiger partial charge on any atom is 0.233 e. The van der Waals surface area contributed by atoms with Crippen molar-refractivity contribution in [2.75, 3.05) is 5.32 Å². The Morgan fingerprint density at radius 3 is 2.61 bits per heavy atom. The lowest BCUT2D eigenvalue weighted by molar-refractivity contribution is -0.126. The summed E-state index contributed by atoms with van der Waals surface area (Å²) in [7, 11) is 0. The van der Waals surface area contributed by atoms with Gasteiger partial charge in [0, 0.05) is 12.2 Å². The van der Waals surface area contributed by atoms with E-state index in [9.17, 15) is 9.59 Å². The van der Waals surface area contributed by atoms with Crippen LogP contribution < -0.4 is 10.6 Å². The van der Waals surface area contributed by atoms with Crippen LogP contribution in [0.1, 0.15) is 23.1 Å². The topological polar surface area (TPSA) is 82.0 Å². The van der Waals surface area contributed by atoms with Gasteiger partial charge in [-0.2, -0.15) is 5.26 Å². The Bertz CT molecular complexity index is 763. The van der Waals surface area contributed by atoms with Crippen LogP contribution in [0.5, 0.6) is 0 Å². The summed E-state index contributed by atoms with van der Waals surface area (Å²) in [6.07, 6.45) is -0.261. The molecular weight excluding hydrogens is 290 g/mol. The van der Waals surface area contributed by atoms with Gasteiger partial charge in [0.1, 0.15) is 6.42 Å². The van der Waals surface area contributed by atoms with Gasteiger partial charge < -0.3 is 10.6 Å². The minimum atomic E-state index is -0.414. The van der Waals surface area contributed by atoms with E-state index < -0.39 is 5.91 Å². The van der Waals surface area contributed by atoms with Crippen LogP contribution in [-0.4, -0.2) is 11.8 Å². The number of aryl methyl sites for hydroxylation is 1. The first-order valence-electron chi connectivity index (χ1n) is 7.19. The predicted molar refractivity (Wildman–Crippen MR) is 87.4 cm³/mol. The molecule has 2 aromatic carbocycles. The summed E-state index contributed by atoms with van der Waals surface area (Å²) >= 11 is 0. The molecule has 2 N–H and O–H groups in total. The number of carbonyl (C=O) groups is 2.